The highest BCUT2D eigenvalue weighted by Crippen LogP contribution is 2.55. The second kappa shape index (κ2) is 10.0. The summed E-state index contributed by atoms with van der Waals surface area (Å²) in [5, 5.41) is 15.2. The van der Waals surface area contributed by atoms with Gasteiger partial charge in [0.05, 0.1) is 17.6 Å². The molecule has 2 fully saturated rings. The summed E-state index contributed by atoms with van der Waals surface area (Å²) in [5.74, 6) is 2.67. The maximum absolute atomic E-state index is 10.0. The SMILES string of the molecule is C[C@H](Oc1cc(N2CCOC2)nc(-c2noc3c2CCC[C@@]32CCCc3sc(N)c(C#N)c32)n1)[C@@H]1CCCN1C. The molecule has 3 aromatic heterocycles. The Hall–Kier alpha value is -3.20. The van der Waals surface area contributed by atoms with Gasteiger partial charge in [-0.05, 0) is 77.4 Å². The molecule has 10 nitrogen and oxygen atoms in total. The highest BCUT2D eigenvalue weighted by molar-refractivity contribution is 7.16. The summed E-state index contributed by atoms with van der Waals surface area (Å²) < 4.78 is 18.3. The van der Waals surface area contributed by atoms with Crippen LogP contribution in [0, 0.1) is 11.3 Å². The van der Waals surface area contributed by atoms with Gasteiger partial charge in [0.25, 0.3) is 0 Å². The van der Waals surface area contributed by atoms with Crippen LogP contribution in [0.5, 0.6) is 5.88 Å². The number of nitriles is 1. The van der Waals surface area contributed by atoms with E-state index in [1.54, 1.807) is 11.3 Å². The lowest BCUT2D eigenvalue weighted by Gasteiger charge is -2.39. The molecule has 5 heterocycles. The average molecular weight is 562 g/mol. The third-order valence-electron chi connectivity index (χ3n) is 9.26. The van der Waals surface area contributed by atoms with Crippen molar-refractivity contribution in [1.29, 1.82) is 5.26 Å². The Kier molecular flexibility index (Phi) is 6.45. The molecule has 0 bridgehead atoms. The Labute approximate surface area is 238 Å². The number of thiophene rings is 1. The van der Waals surface area contributed by atoms with Crippen molar-refractivity contribution in [2.75, 3.05) is 44.1 Å². The summed E-state index contributed by atoms with van der Waals surface area (Å²) in [6.07, 6.45) is 7.88. The van der Waals surface area contributed by atoms with Crippen LogP contribution >= 0.6 is 11.3 Å². The minimum Gasteiger partial charge on any atom is -0.473 e. The van der Waals surface area contributed by atoms with Gasteiger partial charge in [0.15, 0.2) is 17.3 Å². The van der Waals surface area contributed by atoms with Crippen LogP contribution in [0.25, 0.3) is 11.5 Å². The molecule has 2 saturated heterocycles. The number of hydrogen-bond donors (Lipinski definition) is 1. The van der Waals surface area contributed by atoms with Crippen LogP contribution in [0.2, 0.25) is 0 Å². The molecule has 0 amide bonds. The van der Waals surface area contributed by atoms with Gasteiger partial charge in [-0.15, -0.1) is 11.3 Å². The minimum atomic E-state index is -0.382. The zero-order valence-electron chi connectivity index (χ0n) is 23.1. The van der Waals surface area contributed by atoms with E-state index >= 15 is 0 Å². The Morgan fingerprint density at radius 3 is 2.83 bits per heavy atom. The second-order valence-corrected chi connectivity index (χ2v) is 12.7. The van der Waals surface area contributed by atoms with E-state index < -0.39 is 0 Å². The number of hydrogen-bond acceptors (Lipinski definition) is 11. The Morgan fingerprint density at radius 1 is 1.23 bits per heavy atom. The normalized spacial score (nSPS) is 25.1. The van der Waals surface area contributed by atoms with E-state index in [1.807, 2.05) is 6.07 Å². The summed E-state index contributed by atoms with van der Waals surface area (Å²) in [5.41, 5.74) is 9.32. The third kappa shape index (κ3) is 4.07. The van der Waals surface area contributed by atoms with Gasteiger partial charge < -0.3 is 24.6 Å². The first kappa shape index (κ1) is 25.7. The van der Waals surface area contributed by atoms with Gasteiger partial charge in [0.2, 0.25) is 5.88 Å². The van der Waals surface area contributed by atoms with E-state index in [1.165, 1.54) is 11.3 Å². The standard InChI is InChI=1S/C29H35N7O3S/c1-17(20-7-5-11-35(20)2)38-23-14-22(36-12-13-37-16-36)32-28(33-23)25-18-6-3-9-29(26(18)39-34-25)10-4-8-21-24(29)19(15-30)27(31)40-21/h14,17,20H,3-13,16,31H2,1-2H3/t17-,20-,29-/m0/s1. The molecule has 40 heavy (non-hydrogen) atoms. The van der Waals surface area contributed by atoms with Crippen LogP contribution in [-0.4, -0.2) is 65.6 Å². The van der Waals surface area contributed by atoms with Gasteiger partial charge in [-0.1, -0.05) is 5.16 Å². The summed E-state index contributed by atoms with van der Waals surface area (Å²) in [6.45, 7) is 5.11. The molecule has 2 aliphatic carbocycles. The average Bonchev–Trinajstić information content (AvgIpc) is 3.75. The van der Waals surface area contributed by atoms with Crippen molar-refractivity contribution in [2.24, 2.45) is 0 Å². The van der Waals surface area contributed by atoms with Crippen molar-refractivity contribution in [3.8, 4) is 23.5 Å². The van der Waals surface area contributed by atoms with Crippen molar-refractivity contribution in [1.82, 2.24) is 20.0 Å². The Balaban J connectivity index is 1.31. The molecule has 2 aliphatic heterocycles. The van der Waals surface area contributed by atoms with E-state index in [2.05, 4.69) is 35.0 Å². The smallest absolute Gasteiger partial charge is 0.219 e. The predicted octanol–water partition coefficient (Wildman–Crippen LogP) is 4.26. The van der Waals surface area contributed by atoms with Crippen LogP contribution in [0.4, 0.5) is 10.8 Å². The number of anilines is 2. The Morgan fingerprint density at radius 2 is 2.08 bits per heavy atom. The maximum atomic E-state index is 10.0. The summed E-state index contributed by atoms with van der Waals surface area (Å²) >= 11 is 1.55. The summed E-state index contributed by atoms with van der Waals surface area (Å²) in [7, 11) is 2.16. The van der Waals surface area contributed by atoms with Gasteiger partial charge in [0.1, 0.15) is 29.7 Å². The molecule has 0 aromatic carbocycles. The highest BCUT2D eigenvalue weighted by Gasteiger charge is 2.49. The van der Waals surface area contributed by atoms with Gasteiger partial charge in [-0.25, -0.2) is 4.98 Å². The highest BCUT2D eigenvalue weighted by atomic mass is 32.1. The van der Waals surface area contributed by atoms with Crippen molar-refractivity contribution in [3.63, 3.8) is 0 Å². The molecule has 1 spiro atoms. The number of likely N-dealkylation sites (tertiary alicyclic amines) is 1. The molecule has 2 N–H and O–H groups in total. The predicted molar refractivity (Wildman–Crippen MR) is 152 cm³/mol. The monoisotopic (exact) mass is 561 g/mol. The third-order valence-corrected chi connectivity index (χ3v) is 10.3. The summed E-state index contributed by atoms with van der Waals surface area (Å²) in [6, 6.07) is 4.66. The number of nitrogens with zero attached hydrogens (tertiary/aromatic N) is 6. The summed E-state index contributed by atoms with van der Waals surface area (Å²) in [4.78, 5) is 15.5. The van der Waals surface area contributed by atoms with E-state index in [4.69, 9.17) is 29.7 Å². The fourth-order valence-corrected chi connectivity index (χ4v) is 8.51. The lowest BCUT2D eigenvalue weighted by molar-refractivity contribution is 0.117. The first-order chi connectivity index (χ1) is 19.5. The molecule has 11 heteroatoms. The number of rotatable bonds is 5. The first-order valence-electron chi connectivity index (χ1n) is 14.4. The molecule has 0 radical (unpaired) electrons. The molecule has 3 aromatic rings. The van der Waals surface area contributed by atoms with E-state index in [0.29, 0.717) is 47.3 Å². The van der Waals surface area contributed by atoms with Crippen LogP contribution in [0.15, 0.2) is 10.6 Å². The van der Waals surface area contributed by atoms with Crippen LogP contribution in [-0.2, 0) is 23.0 Å². The number of fused-ring (bicyclic) bond motifs is 4. The van der Waals surface area contributed by atoms with Crippen molar-refractivity contribution in [2.45, 2.75) is 75.9 Å². The van der Waals surface area contributed by atoms with Crippen LogP contribution in [0.1, 0.15) is 72.8 Å². The zero-order chi connectivity index (χ0) is 27.4. The number of aryl methyl sites for hydroxylation is 1. The number of nitrogen functional groups attached to an aromatic ring is 1. The quantitative estimate of drug-likeness (QED) is 0.483. The second-order valence-electron chi connectivity index (χ2n) is 11.6. The lowest BCUT2D eigenvalue weighted by atomic mass is 9.63. The van der Waals surface area contributed by atoms with Gasteiger partial charge >= 0.3 is 0 Å². The molecular formula is C29H35N7O3S. The molecule has 4 aliphatic rings. The Bertz CT molecular complexity index is 1470. The van der Waals surface area contributed by atoms with Crippen LogP contribution in [0.3, 0.4) is 0 Å². The maximum Gasteiger partial charge on any atom is 0.219 e. The van der Waals surface area contributed by atoms with Crippen molar-refractivity contribution in [3.05, 3.63) is 33.4 Å². The topological polar surface area (TPSA) is 127 Å². The van der Waals surface area contributed by atoms with Crippen molar-refractivity contribution < 1.29 is 14.0 Å². The molecular weight excluding hydrogens is 526 g/mol. The minimum absolute atomic E-state index is 0.0125. The largest absolute Gasteiger partial charge is 0.473 e. The zero-order valence-corrected chi connectivity index (χ0v) is 23.9. The fraction of sp³-hybridized carbons (Fsp3) is 0.586. The van der Waals surface area contributed by atoms with Crippen molar-refractivity contribution >= 4 is 22.2 Å². The number of ether oxygens (including phenoxy) is 2. The number of likely N-dealkylation sites (N-methyl/N-ethyl adjacent to an activating group) is 1. The van der Waals surface area contributed by atoms with E-state index in [-0.39, 0.29) is 11.5 Å². The van der Waals surface area contributed by atoms with Gasteiger partial charge in [-0.2, -0.15) is 10.2 Å². The first-order valence-corrected chi connectivity index (χ1v) is 15.2. The number of aromatic nitrogens is 3. The fourth-order valence-electron chi connectivity index (χ4n) is 7.35. The van der Waals surface area contributed by atoms with E-state index in [0.717, 1.165) is 80.7 Å². The van der Waals surface area contributed by atoms with Crippen LogP contribution < -0.4 is 15.4 Å². The van der Waals surface area contributed by atoms with Gasteiger partial charge in [0, 0.05) is 29.1 Å². The van der Waals surface area contributed by atoms with Gasteiger partial charge in [-0.3, -0.25) is 4.90 Å². The lowest BCUT2D eigenvalue weighted by Crippen LogP contribution is -2.38. The molecule has 7 rings (SSSR count). The molecule has 0 saturated carbocycles. The molecule has 210 valence electrons. The molecule has 3 atom stereocenters. The number of nitrogens with two attached hydrogens (primary N) is 1. The van der Waals surface area contributed by atoms with E-state index in [9.17, 15) is 5.26 Å². The molecule has 0 unspecified atom stereocenters.